The standard InChI is InChI=1S/C12H18N6S/c1-5-6-13-10-7-11(16-12(15-10)19-4)18-9(3)14-8(2)17-18/h7H,5-6H2,1-4H3,(H,13,15,16). The number of thioether (sulfide) groups is 1. The van der Waals surface area contributed by atoms with E-state index in [1.54, 1.807) is 4.68 Å². The Kier molecular flexibility index (Phi) is 4.36. The van der Waals surface area contributed by atoms with Gasteiger partial charge in [-0.25, -0.2) is 15.0 Å². The summed E-state index contributed by atoms with van der Waals surface area (Å²) in [4.78, 5) is 13.2. The van der Waals surface area contributed by atoms with Crippen LogP contribution in [0.1, 0.15) is 25.0 Å². The molecule has 6 nitrogen and oxygen atoms in total. The fraction of sp³-hybridized carbons (Fsp3) is 0.500. The average molecular weight is 278 g/mol. The Morgan fingerprint density at radius 3 is 2.63 bits per heavy atom. The van der Waals surface area contributed by atoms with Crippen molar-refractivity contribution in [1.29, 1.82) is 0 Å². The molecule has 2 heterocycles. The van der Waals surface area contributed by atoms with Crippen molar-refractivity contribution in [2.45, 2.75) is 32.3 Å². The SMILES string of the molecule is CCCNc1cc(-n2nc(C)nc2C)nc(SC)n1. The summed E-state index contributed by atoms with van der Waals surface area (Å²) in [6.07, 6.45) is 3.01. The first-order valence-electron chi connectivity index (χ1n) is 6.21. The maximum Gasteiger partial charge on any atom is 0.191 e. The largest absolute Gasteiger partial charge is 0.370 e. The van der Waals surface area contributed by atoms with Crippen molar-refractivity contribution < 1.29 is 0 Å². The van der Waals surface area contributed by atoms with Crippen LogP contribution < -0.4 is 5.32 Å². The molecular weight excluding hydrogens is 260 g/mol. The van der Waals surface area contributed by atoms with Gasteiger partial charge < -0.3 is 5.32 Å². The van der Waals surface area contributed by atoms with Crippen molar-refractivity contribution in [2.24, 2.45) is 0 Å². The van der Waals surface area contributed by atoms with E-state index in [9.17, 15) is 0 Å². The third kappa shape index (κ3) is 3.23. The zero-order valence-electron chi connectivity index (χ0n) is 11.6. The molecule has 0 radical (unpaired) electrons. The van der Waals surface area contributed by atoms with Crippen LogP contribution in [0.25, 0.3) is 5.82 Å². The number of aryl methyl sites for hydroxylation is 2. The van der Waals surface area contributed by atoms with Gasteiger partial charge in [0.15, 0.2) is 11.0 Å². The number of hydrogen-bond donors (Lipinski definition) is 1. The second-order valence-electron chi connectivity index (χ2n) is 4.14. The van der Waals surface area contributed by atoms with Crippen molar-refractivity contribution in [3.05, 3.63) is 17.7 Å². The van der Waals surface area contributed by atoms with E-state index in [1.807, 2.05) is 26.2 Å². The van der Waals surface area contributed by atoms with Gasteiger partial charge in [0.25, 0.3) is 0 Å². The molecular formula is C12H18N6S. The topological polar surface area (TPSA) is 68.5 Å². The Bertz CT molecular complexity index is 565. The van der Waals surface area contributed by atoms with Crippen LogP contribution in [0.4, 0.5) is 5.82 Å². The van der Waals surface area contributed by atoms with Gasteiger partial charge >= 0.3 is 0 Å². The molecule has 19 heavy (non-hydrogen) atoms. The summed E-state index contributed by atoms with van der Waals surface area (Å²) >= 11 is 1.51. The lowest BCUT2D eigenvalue weighted by atomic mass is 10.4. The van der Waals surface area contributed by atoms with Crippen LogP contribution in [0.3, 0.4) is 0 Å². The number of nitrogens with one attached hydrogen (secondary N) is 1. The molecule has 0 fully saturated rings. The molecule has 0 saturated heterocycles. The average Bonchev–Trinajstić information content (AvgIpc) is 2.75. The van der Waals surface area contributed by atoms with Crippen molar-refractivity contribution in [3.8, 4) is 5.82 Å². The van der Waals surface area contributed by atoms with Gasteiger partial charge in [0.05, 0.1) is 0 Å². The lowest BCUT2D eigenvalue weighted by Gasteiger charge is -2.08. The van der Waals surface area contributed by atoms with E-state index in [1.165, 1.54) is 11.8 Å². The lowest BCUT2D eigenvalue weighted by Crippen LogP contribution is -2.08. The van der Waals surface area contributed by atoms with Crippen LogP contribution in [0.15, 0.2) is 11.2 Å². The molecule has 0 aliphatic rings. The summed E-state index contributed by atoms with van der Waals surface area (Å²) in [7, 11) is 0. The summed E-state index contributed by atoms with van der Waals surface area (Å²) in [5.74, 6) is 3.13. The van der Waals surface area contributed by atoms with Gasteiger partial charge in [-0.15, -0.1) is 5.10 Å². The van der Waals surface area contributed by atoms with Crippen LogP contribution in [-0.4, -0.2) is 37.5 Å². The van der Waals surface area contributed by atoms with Gasteiger partial charge in [-0.2, -0.15) is 4.68 Å². The van der Waals surface area contributed by atoms with Gasteiger partial charge in [0, 0.05) is 12.6 Å². The quantitative estimate of drug-likeness (QED) is 0.668. The van der Waals surface area contributed by atoms with Crippen LogP contribution in [0.2, 0.25) is 0 Å². The molecule has 2 aromatic rings. The Morgan fingerprint density at radius 2 is 2.05 bits per heavy atom. The molecule has 0 amide bonds. The molecule has 0 aliphatic heterocycles. The fourth-order valence-corrected chi connectivity index (χ4v) is 2.07. The smallest absolute Gasteiger partial charge is 0.191 e. The maximum atomic E-state index is 4.48. The number of nitrogens with zero attached hydrogens (tertiary/aromatic N) is 5. The first-order valence-corrected chi connectivity index (χ1v) is 7.44. The minimum absolute atomic E-state index is 0.726. The van der Waals surface area contributed by atoms with E-state index in [0.29, 0.717) is 0 Å². The van der Waals surface area contributed by atoms with E-state index >= 15 is 0 Å². The van der Waals surface area contributed by atoms with Gasteiger partial charge in [0.1, 0.15) is 17.5 Å². The van der Waals surface area contributed by atoms with Crippen LogP contribution >= 0.6 is 11.8 Å². The predicted octanol–water partition coefficient (Wildman–Crippen LogP) is 2.22. The predicted molar refractivity (Wildman–Crippen MR) is 77.0 cm³/mol. The van der Waals surface area contributed by atoms with Gasteiger partial charge in [0.2, 0.25) is 0 Å². The summed E-state index contributed by atoms with van der Waals surface area (Å²) in [5, 5.41) is 8.36. The summed E-state index contributed by atoms with van der Waals surface area (Å²) in [6, 6.07) is 1.90. The number of aromatic nitrogens is 5. The first-order chi connectivity index (χ1) is 9.13. The van der Waals surface area contributed by atoms with Crippen LogP contribution in [0.5, 0.6) is 0 Å². The minimum Gasteiger partial charge on any atom is -0.370 e. The molecule has 1 N–H and O–H groups in total. The second kappa shape index (κ2) is 6.01. The minimum atomic E-state index is 0.726. The van der Waals surface area contributed by atoms with Crippen molar-refractivity contribution in [2.75, 3.05) is 18.1 Å². The summed E-state index contributed by atoms with van der Waals surface area (Å²) in [5.41, 5.74) is 0. The highest BCUT2D eigenvalue weighted by molar-refractivity contribution is 7.98. The second-order valence-corrected chi connectivity index (χ2v) is 4.92. The zero-order chi connectivity index (χ0) is 13.8. The van der Waals surface area contributed by atoms with Gasteiger partial charge in [-0.3, -0.25) is 0 Å². The van der Waals surface area contributed by atoms with E-state index in [-0.39, 0.29) is 0 Å². The van der Waals surface area contributed by atoms with E-state index in [2.05, 4.69) is 32.3 Å². The molecule has 0 saturated carbocycles. The first kappa shape index (κ1) is 13.8. The lowest BCUT2D eigenvalue weighted by molar-refractivity contribution is 0.775. The third-order valence-corrected chi connectivity index (χ3v) is 3.07. The van der Waals surface area contributed by atoms with E-state index in [4.69, 9.17) is 0 Å². The Balaban J connectivity index is 2.41. The van der Waals surface area contributed by atoms with Crippen LogP contribution in [0, 0.1) is 13.8 Å². The molecule has 0 aromatic carbocycles. The normalized spacial score (nSPS) is 10.7. The molecule has 0 aliphatic carbocycles. The highest BCUT2D eigenvalue weighted by atomic mass is 32.2. The third-order valence-electron chi connectivity index (χ3n) is 2.52. The molecule has 2 aromatic heterocycles. The van der Waals surface area contributed by atoms with Crippen molar-refractivity contribution in [3.63, 3.8) is 0 Å². The number of anilines is 1. The molecule has 102 valence electrons. The molecule has 0 bridgehead atoms. The van der Waals surface area contributed by atoms with E-state index < -0.39 is 0 Å². The number of hydrogen-bond acceptors (Lipinski definition) is 6. The molecule has 0 unspecified atom stereocenters. The number of rotatable bonds is 5. The highest BCUT2D eigenvalue weighted by Gasteiger charge is 2.10. The molecule has 2 rings (SSSR count). The fourth-order valence-electron chi connectivity index (χ4n) is 1.69. The van der Waals surface area contributed by atoms with Crippen molar-refractivity contribution in [1.82, 2.24) is 24.7 Å². The Morgan fingerprint density at radius 1 is 1.26 bits per heavy atom. The van der Waals surface area contributed by atoms with Crippen LogP contribution in [-0.2, 0) is 0 Å². The highest BCUT2D eigenvalue weighted by Crippen LogP contribution is 2.17. The maximum absolute atomic E-state index is 4.48. The summed E-state index contributed by atoms with van der Waals surface area (Å²) < 4.78 is 1.74. The van der Waals surface area contributed by atoms with Gasteiger partial charge in [-0.05, 0) is 26.5 Å². The Labute approximate surface area is 117 Å². The van der Waals surface area contributed by atoms with E-state index in [0.717, 1.165) is 41.4 Å². The molecule has 7 heteroatoms. The monoisotopic (exact) mass is 278 g/mol. The molecule has 0 spiro atoms. The zero-order valence-corrected chi connectivity index (χ0v) is 12.5. The molecule has 0 atom stereocenters. The Hall–Kier alpha value is -1.63. The van der Waals surface area contributed by atoms with Crippen molar-refractivity contribution >= 4 is 17.6 Å². The van der Waals surface area contributed by atoms with Gasteiger partial charge in [-0.1, -0.05) is 18.7 Å². The summed E-state index contributed by atoms with van der Waals surface area (Å²) in [6.45, 7) is 6.80.